The minimum atomic E-state index is 0.714. The molecule has 100 valence electrons. The molecule has 4 atom stereocenters. The molecule has 1 N–H and O–H groups in total. The molecular formula is C15H30N2. The Bertz CT molecular complexity index is 239. The van der Waals surface area contributed by atoms with Crippen molar-refractivity contribution >= 4 is 0 Å². The summed E-state index contributed by atoms with van der Waals surface area (Å²) in [7, 11) is 0. The summed E-state index contributed by atoms with van der Waals surface area (Å²) < 4.78 is 0. The lowest BCUT2D eigenvalue weighted by Gasteiger charge is -2.26. The molecule has 2 fully saturated rings. The van der Waals surface area contributed by atoms with Crippen molar-refractivity contribution < 1.29 is 0 Å². The highest BCUT2D eigenvalue weighted by Gasteiger charge is 2.34. The third-order valence-electron chi connectivity index (χ3n) is 5.15. The van der Waals surface area contributed by atoms with Gasteiger partial charge in [0, 0.05) is 24.7 Å². The molecule has 0 bridgehead atoms. The zero-order chi connectivity index (χ0) is 12.4. The first kappa shape index (κ1) is 13.4. The van der Waals surface area contributed by atoms with E-state index in [4.69, 9.17) is 0 Å². The van der Waals surface area contributed by atoms with E-state index in [0.29, 0.717) is 6.04 Å². The monoisotopic (exact) mass is 238 g/mol. The molecule has 2 aliphatic rings. The summed E-state index contributed by atoms with van der Waals surface area (Å²) in [5.41, 5.74) is 0. The standard InChI is InChI=1S/C15H30N2/c1-5-13-6-7-15(12(13)4)16-14-8-9-17(10-14)11(2)3/h11-16H,5-10H2,1-4H3. The molecule has 0 amide bonds. The van der Waals surface area contributed by atoms with E-state index in [9.17, 15) is 0 Å². The molecule has 0 aromatic heterocycles. The van der Waals surface area contributed by atoms with E-state index in [1.165, 1.54) is 38.8 Å². The van der Waals surface area contributed by atoms with E-state index < -0.39 is 0 Å². The van der Waals surface area contributed by atoms with Crippen LogP contribution in [0.25, 0.3) is 0 Å². The zero-order valence-corrected chi connectivity index (χ0v) is 12.1. The first-order valence-corrected chi connectivity index (χ1v) is 7.62. The summed E-state index contributed by atoms with van der Waals surface area (Å²) in [5.74, 6) is 1.85. The Morgan fingerprint density at radius 2 is 2.00 bits per heavy atom. The van der Waals surface area contributed by atoms with Crippen LogP contribution in [0.15, 0.2) is 0 Å². The molecule has 0 aromatic carbocycles. The Labute approximate surface area is 107 Å². The second kappa shape index (κ2) is 5.71. The average molecular weight is 238 g/mol. The number of hydrogen-bond donors (Lipinski definition) is 1. The maximum absolute atomic E-state index is 3.94. The normalized spacial score (nSPS) is 39.4. The van der Waals surface area contributed by atoms with Gasteiger partial charge in [-0.05, 0) is 51.5 Å². The first-order valence-electron chi connectivity index (χ1n) is 7.62. The van der Waals surface area contributed by atoms with Gasteiger partial charge in [0.2, 0.25) is 0 Å². The molecule has 1 heterocycles. The lowest BCUT2D eigenvalue weighted by molar-refractivity contribution is 0.259. The van der Waals surface area contributed by atoms with Crippen LogP contribution in [-0.2, 0) is 0 Å². The van der Waals surface area contributed by atoms with Crippen LogP contribution in [0.2, 0.25) is 0 Å². The van der Waals surface area contributed by atoms with Crippen LogP contribution >= 0.6 is 0 Å². The van der Waals surface area contributed by atoms with Crippen molar-refractivity contribution in [1.29, 1.82) is 0 Å². The molecule has 4 unspecified atom stereocenters. The highest BCUT2D eigenvalue weighted by Crippen LogP contribution is 2.34. The lowest BCUT2D eigenvalue weighted by atomic mass is 9.93. The van der Waals surface area contributed by atoms with Crippen LogP contribution in [0.1, 0.15) is 53.4 Å². The Hall–Kier alpha value is -0.0800. The largest absolute Gasteiger partial charge is 0.310 e. The molecule has 1 aliphatic carbocycles. The van der Waals surface area contributed by atoms with E-state index in [1.807, 2.05) is 0 Å². The summed E-state index contributed by atoms with van der Waals surface area (Å²) in [6.45, 7) is 12.0. The van der Waals surface area contributed by atoms with Crippen LogP contribution in [0.4, 0.5) is 0 Å². The van der Waals surface area contributed by atoms with E-state index in [2.05, 4.69) is 37.9 Å². The Balaban J connectivity index is 1.79. The summed E-state index contributed by atoms with van der Waals surface area (Å²) >= 11 is 0. The van der Waals surface area contributed by atoms with Crippen LogP contribution in [0, 0.1) is 11.8 Å². The maximum atomic E-state index is 3.94. The second-order valence-corrected chi connectivity index (χ2v) is 6.45. The number of rotatable bonds is 4. The molecular weight excluding hydrogens is 208 g/mol. The van der Waals surface area contributed by atoms with E-state index in [0.717, 1.165) is 23.9 Å². The smallest absolute Gasteiger partial charge is 0.0210 e. The SMILES string of the molecule is CCC1CCC(NC2CCN(C(C)C)C2)C1C. The Morgan fingerprint density at radius 3 is 2.53 bits per heavy atom. The van der Waals surface area contributed by atoms with Gasteiger partial charge < -0.3 is 5.32 Å². The van der Waals surface area contributed by atoms with Crippen LogP contribution in [0.3, 0.4) is 0 Å². The van der Waals surface area contributed by atoms with Crippen molar-refractivity contribution in [3.63, 3.8) is 0 Å². The second-order valence-electron chi connectivity index (χ2n) is 6.45. The third-order valence-corrected chi connectivity index (χ3v) is 5.15. The topological polar surface area (TPSA) is 15.3 Å². The summed E-state index contributed by atoms with van der Waals surface area (Å²) in [4.78, 5) is 2.61. The van der Waals surface area contributed by atoms with Crippen LogP contribution in [-0.4, -0.2) is 36.1 Å². The van der Waals surface area contributed by atoms with Crippen LogP contribution < -0.4 is 5.32 Å². The Kier molecular flexibility index (Phi) is 4.48. The predicted molar refractivity (Wildman–Crippen MR) is 74.2 cm³/mol. The molecule has 1 saturated heterocycles. The van der Waals surface area contributed by atoms with Crippen molar-refractivity contribution in [2.45, 2.75) is 71.5 Å². The molecule has 2 heteroatoms. The van der Waals surface area contributed by atoms with Gasteiger partial charge >= 0.3 is 0 Å². The minimum Gasteiger partial charge on any atom is -0.310 e. The molecule has 0 spiro atoms. The fourth-order valence-electron chi connectivity index (χ4n) is 3.75. The fraction of sp³-hybridized carbons (Fsp3) is 1.00. The molecule has 1 aliphatic heterocycles. The third kappa shape index (κ3) is 3.03. The minimum absolute atomic E-state index is 0.714. The van der Waals surface area contributed by atoms with Gasteiger partial charge in [-0.3, -0.25) is 4.90 Å². The lowest BCUT2D eigenvalue weighted by Crippen LogP contribution is -2.42. The van der Waals surface area contributed by atoms with Crippen molar-refractivity contribution in [3.8, 4) is 0 Å². The van der Waals surface area contributed by atoms with E-state index in [1.54, 1.807) is 0 Å². The van der Waals surface area contributed by atoms with Gasteiger partial charge in [0.05, 0.1) is 0 Å². The van der Waals surface area contributed by atoms with Gasteiger partial charge in [0.25, 0.3) is 0 Å². The molecule has 2 nitrogen and oxygen atoms in total. The number of nitrogens with one attached hydrogen (secondary N) is 1. The summed E-state index contributed by atoms with van der Waals surface area (Å²) in [6.07, 6.45) is 5.55. The maximum Gasteiger partial charge on any atom is 0.0210 e. The van der Waals surface area contributed by atoms with Crippen molar-refractivity contribution in [2.24, 2.45) is 11.8 Å². The van der Waals surface area contributed by atoms with Crippen molar-refractivity contribution in [3.05, 3.63) is 0 Å². The first-order chi connectivity index (χ1) is 8.11. The summed E-state index contributed by atoms with van der Waals surface area (Å²) in [6, 6.07) is 2.25. The number of nitrogens with zero attached hydrogens (tertiary/aromatic N) is 1. The van der Waals surface area contributed by atoms with E-state index >= 15 is 0 Å². The Morgan fingerprint density at radius 1 is 1.24 bits per heavy atom. The highest BCUT2D eigenvalue weighted by atomic mass is 15.2. The van der Waals surface area contributed by atoms with Gasteiger partial charge in [-0.25, -0.2) is 0 Å². The van der Waals surface area contributed by atoms with Gasteiger partial charge in [-0.2, -0.15) is 0 Å². The van der Waals surface area contributed by atoms with Crippen molar-refractivity contribution in [1.82, 2.24) is 10.2 Å². The molecule has 1 saturated carbocycles. The van der Waals surface area contributed by atoms with E-state index in [-0.39, 0.29) is 0 Å². The van der Waals surface area contributed by atoms with Gasteiger partial charge in [0.15, 0.2) is 0 Å². The molecule has 2 rings (SSSR count). The average Bonchev–Trinajstić information content (AvgIpc) is 2.88. The molecule has 0 aromatic rings. The molecule has 0 radical (unpaired) electrons. The predicted octanol–water partition coefficient (Wildman–Crippen LogP) is 2.88. The van der Waals surface area contributed by atoms with Gasteiger partial charge in [-0.1, -0.05) is 20.3 Å². The quantitative estimate of drug-likeness (QED) is 0.810. The number of likely N-dealkylation sites (tertiary alicyclic amines) is 1. The van der Waals surface area contributed by atoms with Gasteiger partial charge in [0.1, 0.15) is 0 Å². The number of hydrogen-bond acceptors (Lipinski definition) is 2. The van der Waals surface area contributed by atoms with Crippen LogP contribution in [0.5, 0.6) is 0 Å². The zero-order valence-electron chi connectivity index (χ0n) is 12.1. The van der Waals surface area contributed by atoms with Gasteiger partial charge in [-0.15, -0.1) is 0 Å². The summed E-state index contributed by atoms with van der Waals surface area (Å²) in [5, 5.41) is 3.94. The molecule has 17 heavy (non-hydrogen) atoms. The fourth-order valence-corrected chi connectivity index (χ4v) is 3.75. The van der Waals surface area contributed by atoms with Crippen molar-refractivity contribution in [2.75, 3.05) is 13.1 Å². The highest BCUT2D eigenvalue weighted by molar-refractivity contribution is 4.91.